The molecule has 1 aromatic rings. The molecule has 0 aromatic carbocycles. The summed E-state index contributed by atoms with van der Waals surface area (Å²) in [5, 5.41) is 2.92. The van der Waals surface area contributed by atoms with E-state index in [1.54, 1.807) is 17.3 Å². The molecule has 6 heteroatoms. The van der Waals surface area contributed by atoms with Gasteiger partial charge in [-0.2, -0.15) is 0 Å². The second-order valence-electron chi connectivity index (χ2n) is 4.17. The number of nitrogens with one attached hydrogen (secondary N) is 1. The van der Waals surface area contributed by atoms with Crippen LogP contribution >= 0.6 is 0 Å². The van der Waals surface area contributed by atoms with Gasteiger partial charge in [-0.1, -0.05) is 0 Å². The summed E-state index contributed by atoms with van der Waals surface area (Å²) >= 11 is 0. The lowest BCUT2D eigenvalue weighted by molar-refractivity contribution is -0.134. The monoisotopic (exact) mass is 235 g/mol. The highest BCUT2D eigenvalue weighted by Crippen LogP contribution is 2.07. The van der Waals surface area contributed by atoms with Crippen LogP contribution in [0.25, 0.3) is 0 Å². The minimum atomic E-state index is 0.163. The molecule has 0 aliphatic carbocycles. The third kappa shape index (κ3) is 2.91. The summed E-state index contributed by atoms with van der Waals surface area (Å²) in [5.41, 5.74) is 0.890. The Kier molecular flexibility index (Phi) is 3.53. The highest BCUT2D eigenvalue weighted by Gasteiger charge is 2.21. The SMILES string of the molecule is CNc1cnc(CN2CCN(C)C(=O)C2)cn1. The fraction of sp³-hybridized carbons (Fsp3) is 0.545. The van der Waals surface area contributed by atoms with E-state index in [0.29, 0.717) is 13.1 Å². The van der Waals surface area contributed by atoms with Crippen molar-refractivity contribution in [3.8, 4) is 0 Å². The van der Waals surface area contributed by atoms with Crippen LogP contribution in [0.3, 0.4) is 0 Å². The number of aromatic nitrogens is 2. The number of hydrogen-bond acceptors (Lipinski definition) is 5. The molecule has 17 heavy (non-hydrogen) atoms. The van der Waals surface area contributed by atoms with Gasteiger partial charge in [0.15, 0.2) is 0 Å². The topological polar surface area (TPSA) is 61.4 Å². The van der Waals surface area contributed by atoms with E-state index in [9.17, 15) is 4.79 Å². The fourth-order valence-electron chi connectivity index (χ4n) is 1.74. The average molecular weight is 235 g/mol. The van der Waals surface area contributed by atoms with Crippen molar-refractivity contribution in [3.05, 3.63) is 18.1 Å². The molecule has 0 saturated carbocycles. The molecule has 0 radical (unpaired) electrons. The highest BCUT2D eigenvalue weighted by molar-refractivity contribution is 5.78. The molecule has 1 aromatic heterocycles. The molecule has 1 aliphatic heterocycles. The van der Waals surface area contributed by atoms with Crippen molar-refractivity contribution in [2.45, 2.75) is 6.54 Å². The van der Waals surface area contributed by atoms with Crippen LogP contribution in [-0.4, -0.2) is 59.4 Å². The van der Waals surface area contributed by atoms with E-state index in [0.717, 1.165) is 24.6 Å². The summed E-state index contributed by atoms with van der Waals surface area (Å²) in [6.45, 7) is 2.81. The molecule has 6 nitrogen and oxygen atoms in total. The van der Waals surface area contributed by atoms with Crippen molar-refractivity contribution >= 4 is 11.7 Å². The maximum absolute atomic E-state index is 11.5. The van der Waals surface area contributed by atoms with Crippen molar-refractivity contribution in [1.29, 1.82) is 0 Å². The van der Waals surface area contributed by atoms with Gasteiger partial charge in [0.05, 0.1) is 24.6 Å². The van der Waals surface area contributed by atoms with Crippen molar-refractivity contribution in [2.75, 3.05) is 39.0 Å². The summed E-state index contributed by atoms with van der Waals surface area (Å²) in [5.74, 6) is 0.916. The summed E-state index contributed by atoms with van der Waals surface area (Å²) in [6.07, 6.45) is 3.45. The quantitative estimate of drug-likeness (QED) is 0.785. The summed E-state index contributed by atoms with van der Waals surface area (Å²) in [7, 11) is 3.64. The highest BCUT2D eigenvalue weighted by atomic mass is 16.2. The predicted octanol–water partition coefficient (Wildman–Crippen LogP) is -0.208. The number of piperazine rings is 1. The first-order valence-electron chi connectivity index (χ1n) is 5.64. The molecule has 1 N–H and O–H groups in total. The maximum atomic E-state index is 11.5. The van der Waals surface area contributed by atoms with Crippen molar-refractivity contribution in [1.82, 2.24) is 19.8 Å². The molecule has 0 spiro atoms. The predicted molar refractivity (Wildman–Crippen MR) is 64.5 cm³/mol. The van der Waals surface area contributed by atoms with Crippen LogP contribution in [0.15, 0.2) is 12.4 Å². The van der Waals surface area contributed by atoms with Crippen molar-refractivity contribution in [2.24, 2.45) is 0 Å². The minimum Gasteiger partial charge on any atom is -0.372 e. The molecule has 0 atom stereocenters. The van der Waals surface area contributed by atoms with Crippen LogP contribution in [0.4, 0.5) is 5.82 Å². The van der Waals surface area contributed by atoms with E-state index in [4.69, 9.17) is 0 Å². The Morgan fingerprint density at radius 3 is 2.76 bits per heavy atom. The van der Waals surface area contributed by atoms with E-state index >= 15 is 0 Å². The summed E-state index contributed by atoms with van der Waals surface area (Å²) < 4.78 is 0. The molecule has 1 amide bonds. The zero-order valence-electron chi connectivity index (χ0n) is 10.2. The second-order valence-corrected chi connectivity index (χ2v) is 4.17. The third-order valence-corrected chi connectivity index (χ3v) is 2.88. The van der Waals surface area contributed by atoms with Gasteiger partial charge in [-0.15, -0.1) is 0 Å². The second kappa shape index (κ2) is 5.09. The number of amides is 1. The first kappa shape index (κ1) is 11.8. The molecule has 1 saturated heterocycles. The Morgan fingerprint density at radius 1 is 1.35 bits per heavy atom. The number of hydrogen-bond donors (Lipinski definition) is 1. The average Bonchev–Trinajstić information content (AvgIpc) is 2.35. The van der Waals surface area contributed by atoms with Crippen LogP contribution in [0.1, 0.15) is 5.69 Å². The smallest absolute Gasteiger partial charge is 0.236 e. The van der Waals surface area contributed by atoms with E-state index < -0.39 is 0 Å². The van der Waals surface area contributed by atoms with Gasteiger partial charge in [0.1, 0.15) is 5.82 Å². The van der Waals surface area contributed by atoms with Crippen LogP contribution in [0.5, 0.6) is 0 Å². The first-order valence-corrected chi connectivity index (χ1v) is 5.64. The van der Waals surface area contributed by atoms with Crippen LogP contribution in [0.2, 0.25) is 0 Å². The van der Waals surface area contributed by atoms with E-state index in [1.807, 2.05) is 14.1 Å². The van der Waals surface area contributed by atoms with Gasteiger partial charge in [0.2, 0.25) is 5.91 Å². The van der Waals surface area contributed by atoms with Crippen LogP contribution in [-0.2, 0) is 11.3 Å². The lowest BCUT2D eigenvalue weighted by Crippen LogP contribution is -2.48. The molecule has 92 valence electrons. The van der Waals surface area contributed by atoms with Crippen molar-refractivity contribution < 1.29 is 4.79 Å². The Bertz CT molecular complexity index is 391. The van der Waals surface area contributed by atoms with Gasteiger partial charge in [0.25, 0.3) is 0 Å². The Hall–Kier alpha value is -1.69. The number of carbonyl (C=O) groups excluding carboxylic acids is 1. The number of nitrogens with zero attached hydrogens (tertiary/aromatic N) is 4. The van der Waals surface area contributed by atoms with Crippen LogP contribution < -0.4 is 5.32 Å². The number of rotatable bonds is 3. The molecule has 1 fully saturated rings. The molecular formula is C11H17N5O. The van der Waals surface area contributed by atoms with Gasteiger partial charge in [0, 0.05) is 33.7 Å². The molecule has 2 rings (SSSR count). The molecule has 0 unspecified atom stereocenters. The Morgan fingerprint density at radius 2 is 2.18 bits per heavy atom. The Balaban J connectivity index is 1.94. The van der Waals surface area contributed by atoms with Gasteiger partial charge >= 0.3 is 0 Å². The van der Waals surface area contributed by atoms with E-state index in [-0.39, 0.29) is 5.91 Å². The standard InChI is InChI=1S/C11H17N5O/c1-12-10-6-13-9(5-14-10)7-16-4-3-15(2)11(17)8-16/h5-6H,3-4,7-8H2,1-2H3,(H,12,14). The molecule has 1 aliphatic rings. The van der Waals surface area contributed by atoms with Gasteiger partial charge in [-0.05, 0) is 0 Å². The zero-order valence-corrected chi connectivity index (χ0v) is 10.2. The van der Waals surface area contributed by atoms with E-state index in [2.05, 4.69) is 20.2 Å². The summed E-state index contributed by atoms with van der Waals surface area (Å²) in [4.78, 5) is 23.9. The zero-order chi connectivity index (χ0) is 12.3. The largest absolute Gasteiger partial charge is 0.372 e. The lowest BCUT2D eigenvalue weighted by atomic mass is 10.3. The Labute approximate surface area is 101 Å². The lowest BCUT2D eigenvalue weighted by Gasteiger charge is -2.31. The van der Waals surface area contributed by atoms with E-state index in [1.165, 1.54) is 0 Å². The van der Waals surface area contributed by atoms with Crippen LogP contribution in [0, 0.1) is 0 Å². The van der Waals surface area contributed by atoms with Gasteiger partial charge in [-0.3, -0.25) is 14.7 Å². The number of anilines is 1. The van der Waals surface area contributed by atoms with Gasteiger partial charge < -0.3 is 10.2 Å². The number of carbonyl (C=O) groups is 1. The first-order chi connectivity index (χ1) is 8.19. The molecule has 2 heterocycles. The van der Waals surface area contributed by atoms with Gasteiger partial charge in [-0.25, -0.2) is 4.98 Å². The third-order valence-electron chi connectivity index (χ3n) is 2.88. The minimum absolute atomic E-state index is 0.163. The fourth-order valence-corrected chi connectivity index (χ4v) is 1.74. The maximum Gasteiger partial charge on any atom is 0.236 e. The number of likely N-dealkylation sites (N-methyl/N-ethyl adjacent to an activating group) is 1. The molecular weight excluding hydrogens is 218 g/mol. The normalized spacial score (nSPS) is 17.3. The van der Waals surface area contributed by atoms with Crippen molar-refractivity contribution in [3.63, 3.8) is 0 Å². The molecule has 0 bridgehead atoms. The summed E-state index contributed by atoms with van der Waals surface area (Å²) in [6, 6.07) is 0.